The van der Waals surface area contributed by atoms with Crippen molar-refractivity contribution in [1.82, 2.24) is 0 Å². The third-order valence-electron chi connectivity index (χ3n) is 3.22. The number of phenols is 1. The first-order valence-electron chi connectivity index (χ1n) is 6.27. The number of carbonyl (C=O) groups is 2. The van der Waals surface area contributed by atoms with Gasteiger partial charge in [-0.05, 0) is 18.2 Å². The van der Waals surface area contributed by atoms with Gasteiger partial charge in [0.05, 0.1) is 11.6 Å². The molecule has 7 nitrogen and oxygen atoms in total. The van der Waals surface area contributed by atoms with Crippen LogP contribution in [-0.4, -0.2) is 57.1 Å². The predicted octanol–water partition coefficient (Wildman–Crippen LogP) is -0.206. The van der Waals surface area contributed by atoms with Crippen molar-refractivity contribution < 1.29 is 34.8 Å². The van der Waals surface area contributed by atoms with Gasteiger partial charge in [-0.2, -0.15) is 0 Å². The molecule has 0 aliphatic heterocycles. The molecule has 118 valence electrons. The van der Waals surface area contributed by atoms with Crippen LogP contribution in [0.2, 0.25) is 5.02 Å². The summed E-state index contributed by atoms with van der Waals surface area (Å²) in [6, 6.07) is 3.97. The Bertz CT molecular complexity index is 640. The standard InChI is InChI=1S/C14H13ClO7/c15-8-3-1-2-7(11(8)19)14(21)22-13-10(18)6(5-16)4-9(17)12(13)20/h1-4,9,12-13,16-17,19-20H,5H2/t9-,12-,13-/m1/s1. The Labute approximate surface area is 130 Å². The largest absolute Gasteiger partial charge is 0.505 e. The van der Waals surface area contributed by atoms with E-state index in [1.165, 1.54) is 18.2 Å². The minimum absolute atomic E-state index is 0.0825. The number of para-hydroxylation sites is 1. The number of hydrogen-bond acceptors (Lipinski definition) is 7. The van der Waals surface area contributed by atoms with Crippen LogP contribution in [0.15, 0.2) is 29.8 Å². The topological polar surface area (TPSA) is 124 Å². The quantitative estimate of drug-likeness (QED) is 0.566. The second-order valence-electron chi connectivity index (χ2n) is 4.66. The number of aromatic hydroxyl groups is 1. The van der Waals surface area contributed by atoms with Gasteiger partial charge < -0.3 is 25.2 Å². The van der Waals surface area contributed by atoms with E-state index in [2.05, 4.69) is 0 Å². The maximum absolute atomic E-state index is 12.0. The molecule has 0 radical (unpaired) electrons. The summed E-state index contributed by atoms with van der Waals surface area (Å²) < 4.78 is 4.87. The Morgan fingerprint density at radius 1 is 1.32 bits per heavy atom. The first kappa shape index (κ1) is 16.4. The number of ether oxygens (including phenoxy) is 1. The number of aliphatic hydroxyl groups excluding tert-OH is 3. The summed E-state index contributed by atoms with van der Waals surface area (Å²) in [6.07, 6.45) is -3.83. The molecule has 0 amide bonds. The Morgan fingerprint density at radius 3 is 2.64 bits per heavy atom. The SMILES string of the molecule is O=C(O[C@@H]1C(=O)C(CO)=C[C@@H](O)[C@H]1O)c1cccc(Cl)c1O. The fourth-order valence-corrected chi connectivity index (χ4v) is 2.19. The highest BCUT2D eigenvalue weighted by atomic mass is 35.5. The third-order valence-corrected chi connectivity index (χ3v) is 3.52. The second-order valence-corrected chi connectivity index (χ2v) is 5.06. The van der Waals surface area contributed by atoms with Crippen LogP contribution in [0.1, 0.15) is 10.4 Å². The molecular weight excluding hydrogens is 316 g/mol. The van der Waals surface area contributed by atoms with Gasteiger partial charge in [0.1, 0.15) is 23.5 Å². The van der Waals surface area contributed by atoms with E-state index in [0.717, 1.165) is 6.08 Å². The van der Waals surface area contributed by atoms with E-state index in [4.69, 9.17) is 21.4 Å². The smallest absolute Gasteiger partial charge is 0.342 e. The van der Waals surface area contributed by atoms with Gasteiger partial charge in [-0.25, -0.2) is 4.79 Å². The number of Topliss-reactive ketones (excluding diaryl/α,β-unsaturated/α-hetero) is 1. The number of carbonyl (C=O) groups excluding carboxylic acids is 2. The van der Waals surface area contributed by atoms with Gasteiger partial charge in [-0.1, -0.05) is 17.7 Å². The number of benzene rings is 1. The van der Waals surface area contributed by atoms with Gasteiger partial charge in [-0.15, -0.1) is 0 Å². The van der Waals surface area contributed by atoms with E-state index in [1.54, 1.807) is 0 Å². The van der Waals surface area contributed by atoms with Crippen LogP contribution < -0.4 is 0 Å². The van der Waals surface area contributed by atoms with Crippen LogP contribution in [0, 0.1) is 0 Å². The number of ketones is 1. The molecule has 22 heavy (non-hydrogen) atoms. The molecule has 4 N–H and O–H groups in total. The monoisotopic (exact) mass is 328 g/mol. The van der Waals surface area contributed by atoms with Gasteiger partial charge in [0, 0.05) is 5.57 Å². The molecular formula is C14H13ClO7. The number of phenolic OH excluding ortho intramolecular Hbond substituents is 1. The van der Waals surface area contributed by atoms with Crippen LogP contribution in [0.5, 0.6) is 5.75 Å². The van der Waals surface area contributed by atoms with E-state index >= 15 is 0 Å². The summed E-state index contributed by atoms with van der Waals surface area (Å²) in [5.74, 6) is -2.44. The molecule has 0 unspecified atom stereocenters. The zero-order chi connectivity index (χ0) is 16.4. The molecule has 0 aromatic heterocycles. The average Bonchev–Trinajstić information content (AvgIpc) is 2.49. The number of hydrogen-bond donors (Lipinski definition) is 4. The Morgan fingerprint density at radius 2 is 2.00 bits per heavy atom. The van der Waals surface area contributed by atoms with Crippen LogP contribution in [0.4, 0.5) is 0 Å². The van der Waals surface area contributed by atoms with Gasteiger partial charge in [0.15, 0.2) is 6.10 Å². The molecule has 1 aliphatic carbocycles. The molecule has 3 atom stereocenters. The van der Waals surface area contributed by atoms with E-state index in [9.17, 15) is 24.9 Å². The lowest BCUT2D eigenvalue weighted by molar-refractivity contribution is -0.136. The van der Waals surface area contributed by atoms with Crippen molar-refractivity contribution in [3.05, 3.63) is 40.4 Å². The summed E-state index contributed by atoms with van der Waals surface area (Å²) in [4.78, 5) is 24.0. The number of aliphatic hydroxyl groups is 3. The normalized spacial score (nSPS) is 24.8. The number of esters is 1. The summed E-state index contributed by atoms with van der Waals surface area (Å²) in [5.41, 5.74) is -0.465. The van der Waals surface area contributed by atoms with E-state index in [1.807, 2.05) is 0 Å². The third kappa shape index (κ3) is 2.97. The zero-order valence-electron chi connectivity index (χ0n) is 11.1. The lowest BCUT2D eigenvalue weighted by atomic mass is 9.91. The van der Waals surface area contributed by atoms with Crippen LogP contribution in [0.3, 0.4) is 0 Å². The van der Waals surface area contributed by atoms with E-state index in [0.29, 0.717) is 0 Å². The molecule has 8 heteroatoms. The molecule has 1 aromatic rings. The van der Waals surface area contributed by atoms with Gasteiger partial charge in [0.2, 0.25) is 5.78 Å². The molecule has 1 aromatic carbocycles. The maximum Gasteiger partial charge on any atom is 0.342 e. The highest BCUT2D eigenvalue weighted by molar-refractivity contribution is 6.32. The fraction of sp³-hybridized carbons (Fsp3) is 0.286. The molecule has 0 fully saturated rings. The molecule has 0 bridgehead atoms. The lowest BCUT2D eigenvalue weighted by Crippen LogP contribution is -2.49. The van der Waals surface area contributed by atoms with Crippen LogP contribution in [0.25, 0.3) is 0 Å². The van der Waals surface area contributed by atoms with Crippen molar-refractivity contribution in [3.63, 3.8) is 0 Å². The fourth-order valence-electron chi connectivity index (χ4n) is 2.02. The van der Waals surface area contributed by atoms with Crippen molar-refractivity contribution in [1.29, 1.82) is 0 Å². The Balaban J connectivity index is 2.26. The van der Waals surface area contributed by atoms with E-state index in [-0.39, 0.29) is 16.2 Å². The van der Waals surface area contributed by atoms with Crippen molar-refractivity contribution in [2.24, 2.45) is 0 Å². The minimum Gasteiger partial charge on any atom is -0.505 e. The summed E-state index contributed by atoms with van der Waals surface area (Å²) in [6.45, 7) is -0.668. The molecule has 2 rings (SSSR count). The highest BCUT2D eigenvalue weighted by Gasteiger charge is 2.40. The molecule has 0 saturated heterocycles. The zero-order valence-corrected chi connectivity index (χ0v) is 11.9. The first-order chi connectivity index (χ1) is 10.4. The number of halogens is 1. The van der Waals surface area contributed by atoms with Crippen molar-refractivity contribution in [3.8, 4) is 5.75 Å². The molecule has 0 heterocycles. The predicted molar refractivity (Wildman–Crippen MR) is 74.5 cm³/mol. The minimum atomic E-state index is -1.69. The molecule has 1 aliphatic rings. The second kappa shape index (κ2) is 6.45. The lowest BCUT2D eigenvalue weighted by Gasteiger charge is -2.29. The van der Waals surface area contributed by atoms with Gasteiger partial charge in [-0.3, -0.25) is 4.79 Å². The van der Waals surface area contributed by atoms with E-state index < -0.39 is 42.4 Å². The van der Waals surface area contributed by atoms with Gasteiger partial charge >= 0.3 is 5.97 Å². The number of rotatable bonds is 3. The first-order valence-corrected chi connectivity index (χ1v) is 6.65. The summed E-state index contributed by atoms with van der Waals surface area (Å²) in [7, 11) is 0. The average molecular weight is 329 g/mol. The highest BCUT2D eigenvalue weighted by Crippen LogP contribution is 2.28. The molecule has 0 spiro atoms. The summed E-state index contributed by atoms with van der Waals surface area (Å²) >= 11 is 5.67. The van der Waals surface area contributed by atoms with Crippen molar-refractivity contribution in [2.75, 3.05) is 6.61 Å². The maximum atomic E-state index is 12.0. The van der Waals surface area contributed by atoms with Crippen molar-refractivity contribution >= 4 is 23.4 Å². The Kier molecular flexibility index (Phi) is 4.82. The van der Waals surface area contributed by atoms with Crippen LogP contribution >= 0.6 is 11.6 Å². The van der Waals surface area contributed by atoms with Crippen LogP contribution in [-0.2, 0) is 9.53 Å². The summed E-state index contributed by atoms with van der Waals surface area (Å²) in [5, 5.41) is 38.0. The molecule has 0 saturated carbocycles. The Hall–Kier alpha value is -1.93. The van der Waals surface area contributed by atoms with Gasteiger partial charge in [0.25, 0.3) is 0 Å². The van der Waals surface area contributed by atoms with Crippen molar-refractivity contribution in [2.45, 2.75) is 18.3 Å².